The van der Waals surface area contributed by atoms with Crippen molar-refractivity contribution >= 4 is 17.6 Å². The number of para-hydroxylation sites is 1. The second-order valence-corrected chi connectivity index (χ2v) is 6.81. The van der Waals surface area contributed by atoms with Crippen LogP contribution < -0.4 is 15.6 Å². The highest BCUT2D eigenvalue weighted by Crippen LogP contribution is 2.31. The predicted octanol–water partition coefficient (Wildman–Crippen LogP) is 3.42. The van der Waals surface area contributed by atoms with Crippen molar-refractivity contribution in [2.24, 2.45) is 0 Å². The summed E-state index contributed by atoms with van der Waals surface area (Å²) in [5, 5.41) is 12.1. The summed E-state index contributed by atoms with van der Waals surface area (Å²) in [6.07, 6.45) is 0. The summed E-state index contributed by atoms with van der Waals surface area (Å²) in [5.74, 6) is -0.481. The maximum atomic E-state index is 12.4. The molecule has 8 heteroatoms. The summed E-state index contributed by atoms with van der Waals surface area (Å²) in [6.45, 7) is 3.43. The van der Waals surface area contributed by atoms with Gasteiger partial charge < -0.3 is 19.8 Å². The SMILES string of the molecule is CCOC(=O)c1ccc(NC(=O)COc2ccccc2-c2cc(C)[nH]c(=O)c2C#N)cc1. The molecule has 0 saturated heterocycles. The van der Waals surface area contributed by atoms with E-state index in [-0.39, 0.29) is 18.8 Å². The number of esters is 1. The largest absolute Gasteiger partial charge is 0.483 e. The van der Waals surface area contributed by atoms with E-state index in [2.05, 4.69) is 10.3 Å². The third-order valence-electron chi connectivity index (χ3n) is 4.50. The molecule has 1 aromatic heterocycles. The van der Waals surface area contributed by atoms with Crippen LogP contribution in [0.15, 0.2) is 59.4 Å². The van der Waals surface area contributed by atoms with Crippen molar-refractivity contribution in [3.8, 4) is 22.9 Å². The molecule has 8 nitrogen and oxygen atoms in total. The van der Waals surface area contributed by atoms with E-state index in [9.17, 15) is 19.6 Å². The molecule has 2 aromatic carbocycles. The number of nitriles is 1. The zero-order valence-electron chi connectivity index (χ0n) is 17.6. The molecule has 0 fully saturated rings. The normalized spacial score (nSPS) is 10.2. The third kappa shape index (κ3) is 5.21. The Morgan fingerprint density at radius 1 is 1.09 bits per heavy atom. The Bertz CT molecular complexity index is 1240. The Morgan fingerprint density at radius 3 is 2.50 bits per heavy atom. The Kier molecular flexibility index (Phi) is 7.03. The number of hydrogen-bond donors (Lipinski definition) is 2. The van der Waals surface area contributed by atoms with Crippen molar-refractivity contribution in [1.29, 1.82) is 5.26 Å². The molecule has 0 atom stereocenters. The van der Waals surface area contributed by atoms with Crippen molar-refractivity contribution in [3.05, 3.63) is 81.8 Å². The Morgan fingerprint density at radius 2 is 1.81 bits per heavy atom. The number of ether oxygens (including phenoxy) is 2. The topological polar surface area (TPSA) is 121 Å². The van der Waals surface area contributed by atoms with Crippen LogP contribution in [0.5, 0.6) is 5.75 Å². The summed E-state index contributed by atoms with van der Waals surface area (Å²) < 4.78 is 10.6. The minimum absolute atomic E-state index is 0.0298. The molecule has 1 heterocycles. The first kappa shape index (κ1) is 22.3. The molecule has 0 saturated carbocycles. The van der Waals surface area contributed by atoms with Crippen molar-refractivity contribution in [2.75, 3.05) is 18.5 Å². The van der Waals surface area contributed by atoms with E-state index in [0.29, 0.717) is 33.8 Å². The van der Waals surface area contributed by atoms with E-state index in [1.54, 1.807) is 68.4 Å². The molecule has 0 aliphatic heterocycles. The molecule has 0 bridgehead atoms. The number of nitrogens with zero attached hydrogens (tertiary/aromatic N) is 1. The minimum Gasteiger partial charge on any atom is -0.483 e. The molecule has 0 spiro atoms. The number of pyridine rings is 1. The molecule has 0 aliphatic carbocycles. The smallest absolute Gasteiger partial charge is 0.338 e. The molecule has 1 amide bonds. The highest BCUT2D eigenvalue weighted by molar-refractivity contribution is 5.94. The van der Waals surface area contributed by atoms with Gasteiger partial charge in [0, 0.05) is 22.5 Å². The maximum absolute atomic E-state index is 12.4. The molecule has 3 aromatic rings. The van der Waals surface area contributed by atoms with Crippen LogP contribution in [0.4, 0.5) is 5.69 Å². The van der Waals surface area contributed by atoms with Gasteiger partial charge in [0.25, 0.3) is 11.5 Å². The number of hydrogen-bond acceptors (Lipinski definition) is 6. The number of rotatable bonds is 7. The van der Waals surface area contributed by atoms with Crippen LogP contribution >= 0.6 is 0 Å². The average molecular weight is 431 g/mol. The number of amides is 1. The Balaban J connectivity index is 1.73. The zero-order chi connectivity index (χ0) is 23.1. The summed E-state index contributed by atoms with van der Waals surface area (Å²) in [4.78, 5) is 38.8. The summed E-state index contributed by atoms with van der Waals surface area (Å²) in [6, 6.07) is 16.8. The maximum Gasteiger partial charge on any atom is 0.338 e. The van der Waals surface area contributed by atoms with E-state index in [0.717, 1.165) is 0 Å². The highest BCUT2D eigenvalue weighted by Gasteiger charge is 2.15. The molecule has 2 N–H and O–H groups in total. The molecule has 0 radical (unpaired) electrons. The van der Waals surface area contributed by atoms with E-state index in [1.165, 1.54) is 0 Å². The standard InChI is InChI=1S/C24H21N3O5/c1-3-31-24(30)16-8-10-17(11-9-16)27-22(28)14-32-21-7-5-4-6-18(21)19-12-15(2)26-23(29)20(19)13-25/h4-12H,3,14H2,1-2H3,(H,26,29)(H,27,28). The minimum atomic E-state index is -0.485. The van der Waals surface area contributed by atoms with Gasteiger partial charge in [-0.2, -0.15) is 5.26 Å². The lowest BCUT2D eigenvalue weighted by atomic mass is 10.0. The number of carbonyl (C=O) groups excluding carboxylic acids is 2. The first-order valence-electron chi connectivity index (χ1n) is 9.86. The van der Waals surface area contributed by atoms with Gasteiger partial charge >= 0.3 is 5.97 Å². The van der Waals surface area contributed by atoms with E-state index >= 15 is 0 Å². The Labute approximate surface area is 184 Å². The number of H-pyrrole nitrogens is 1. The van der Waals surface area contributed by atoms with E-state index in [1.807, 2.05) is 6.07 Å². The van der Waals surface area contributed by atoms with Gasteiger partial charge in [-0.05, 0) is 50.2 Å². The fraction of sp³-hybridized carbons (Fsp3) is 0.167. The number of aromatic nitrogens is 1. The van der Waals surface area contributed by atoms with Crippen molar-refractivity contribution in [2.45, 2.75) is 13.8 Å². The first-order valence-corrected chi connectivity index (χ1v) is 9.86. The molecule has 0 aliphatic rings. The second kappa shape index (κ2) is 10.1. The number of aromatic amines is 1. The van der Waals surface area contributed by atoms with Gasteiger partial charge in [0.15, 0.2) is 6.61 Å². The molecular formula is C24H21N3O5. The van der Waals surface area contributed by atoms with Crippen LogP contribution in [0.2, 0.25) is 0 Å². The van der Waals surface area contributed by atoms with Crippen LogP contribution in [0, 0.1) is 18.3 Å². The lowest BCUT2D eigenvalue weighted by Crippen LogP contribution is -2.20. The third-order valence-corrected chi connectivity index (χ3v) is 4.50. The number of carbonyl (C=O) groups is 2. The monoisotopic (exact) mass is 431 g/mol. The van der Waals surface area contributed by atoms with Crippen LogP contribution in [-0.4, -0.2) is 30.1 Å². The van der Waals surface area contributed by atoms with Crippen LogP contribution in [-0.2, 0) is 9.53 Å². The number of benzene rings is 2. The average Bonchev–Trinajstić information content (AvgIpc) is 2.78. The van der Waals surface area contributed by atoms with E-state index in [4.69, 9.17) is 9.47 Å². The summed E-state index contributed by atoms with van der Waals surface area (Å²) in [7, 11) is 0. The van der Waals surface area contributed by atoms with Crippen LogP contribution in [0.1, 0.15) is 28.5 Å². The molecule has 3 rings (SSSR count). The second-order valence-electron chi connectivity index (χ2n) is 6.81. The van der Waals surface area contributed by atoms with Gasteiger partial charge in [-0.3, -0.25) is 9.59 Å². The Hall–Kier alpha value is -4.38. The van der Waals surface area contributed by atoms with Crippen molar-refractivity contribution in [1.82, 2.24) is 4.98 Å². The van der Waals surface area contributed by atoms with Crippen LogP contribution in [0.25, 0.3) is 11.1 Å². The van der Waals surface area contributed by atoms with E-state index < -0.39 is 17.4 Å². The van der Waals surface area contributed by atoms with Gasteiger partial charge in [0.1, 0.15) is 17.4 Å². The molecule has 0 unspecified atom stereocenters. The van der Waals surface area contributed by atoms with Gasteiger partial charge in [0.2, 0.25) is 0 Å². The lowest BCUT2D eigenvalue weighted by Gasteiger charge is -2.13. The quantitative estimate of drug-likeness (QED) is 0.553. The van der Waals surface area contributed by atoms with Gasteiger partial charge in [0.05, 0.1) is 12.2 Å². The molecule has 162 valence electrons. The van der Waals surface area contributed by atoms with Gasteiger partial charge in [-0.1, -0.05) is 18.2 Å². The molecule has 32 heavy (non-hydrogen) atoms. The van der Waals surface area contributed by atoms with Crippen LogP contribution in [0.3, 0.4) is 0 Å². The zero-order valence-corrected chi connectivity index (χ0v) is 17.6. The van der Waals surface area contributed by atoms with Crippen molar-refractivity contribution in [3.63, 3.8) is 0 Å². The fourth-order valence-electron chi connectivity index (χ4n) is 3.07. The predicted molar refractivity (Wildman–Crippen MR) is 118 cm³/mol. The molecular weight excluding hydrogens is 410 g/mol. The highest BCUT2D eigenvalue weighted by atomic mass is 16.5. The number of nitrogens with one attached hydrogen (secondary N) is 2. The summed E-state index contributed by atoms with van der Waals surface area (Å²) >= 11 is 0. The van der Waals surface area contributed by atoms with Gasteiger partial charge in [-0.15, -0.1) is 0 Å². The lowest BCUT2D eigenvalue weighted by molar-refractivity contribution is -0.118. The fourth-order valence-corrected chi connectivity index (χ4v) is 3.07. The number of anilines is 1. The number of aryl methyl sites for hydroxylation is 1. The van der Waals surface area contributed by atoms with Gasteiger partial charge in [-0.25, -0.2) is 4.79 Å². The van der Waals surface area contributed by atoms with Crippen molar-refractivity contribution < 1.29 is 19.1 Å². The summed E-state index contributed by atoms with van der Waals surface area (Å²) in [5.41, 5.74) is 1.93. The first-order chi connectivity index (χ1) is 15.4.